The fraction of sp³-hybridized carbons (Fsp3) is 0.611. The van der Waals surface area contributed by atoms with E-state index in [1.807, 2.05) is 11.4 Å². The zero-order valence-electron chi connectivity index (χ0n) is 14.4. The Morgan fingerprint density at radius 2 is 2.24 bits per heavy atom. The number of rotatable bonds is 2. The first-order chi connectivity index (χ1) is 12.0. The largest absolute Gasteiger partial charge is 0.341 e. The van der Waals surface area contributed by atoms with Gasteiger partial charge in [0.1, 0.15) is 12.1 Å². The van der Waals surface area contributed by atoms with E-state index >= 15 is 0 Å². The van der Waals surface area contributed by atoms with Crippen molar-refractivity contribution < 1.29 is 14.4 Å². The van der Waals surface area contributed by atoms with Crippen LogP contribution < -0.4 is 5.32 Å². The van der Waals surface area contributed by atoms with Crippen LogP contribution in [0.15, 0.2) is 11.4 Å². The van der Waals surface area contributed by atoms with Gasteiger partial charge in [-0.1, -0.05) is 6.92 Å². The summed E-state index contributed by atoms with van der Waals surface area (Å²) < 4.78 is 0. The molecule has 2 fully saturated rings. The van der Waals surface area contributed by atoms with Gasteiger partial charge < -0.3 is 10.2 Å². The molecule has 0 radical (unpaired) electrons. The van der Waals surface area contributed by atoms with Crippen LogP contribution in [0.4, 0.5) is 4.79 Å². The molecule has 2 atom stereocenters. The van der Waals surface area contributed by atoms with Crippen molar-refractivity contribution in [2.24, 2.45) is 5.92 Å². The molecule has 0 aromatic carbocycles. The molecule has 1 aliphatic carbocycles. The zero-order valence-corrected chi connectivity index (χ0v) is 15.2. The topological polar surface area (TPSA) is 69.7 Å². The Morgan fingerprint density at radius 3 is 3.04 bits per heavy atom. The van der Waals surface area contributed by atoms with Gasteiger partial charge >= 0.3 is 6.03 Å². The van der Waals surface area contributed by atoms with Gasteiger partial charge in [-0.2, -0.15) is 0 Å². The second kappa shape index (κ2) is 6.12. The predicted octanol–water partition coefficient (Wildman–Crippen LogP) is 2.09. The van der Waals surface area contributed by atoms with Gasteiger partial charge in [0.15, 0.2) is 0 Å². The number of urea groups is 1. The minimum atomic E-state index is -0.958. The van der Waals surface area contributed by atoms with Crippen molar-refractivity contribution in [3.8, 4) is 0 Å². The number of piperidine rings is 1. The third-order valence-electron chi connectivity index (χ3n) is 5.64. The quantitative estimate of drug-likeness (QED) is 0.820. The number of carbonyl (C=O) groups is 3. The molecule has 1 aromatic heterocycles. The number of nitrogens with one attached hydrogen (secondary N) is 1. The Bertz CT molecular complexity index is 731. The van der Waals surface area contributed by atoms with E-state index in [0.29, 0.717) is 25.4 Å². The Kier molecular flexibility index (Phi) is 4.06. The Hall–Kier alpha value is -1.89. The van der Waals surface area contributed by atoms with Gasteiger partial charge in [-0.3, -0.25) is 14.5 Å². The summed E-state index contributed by atoms with van der Waals surface area (Å²) in [6.07, 6.45) is 4.52. The van der Waals surface area contributed by atoms with Crippen LogP contribution in [0, 0.1) is 5.92 Å². The van der Waals surface area contributed by atoms with Gasteiger partial charge in [0.25, 0.3) is 5.91 Å². The van der Waals surface area contributed by atoms with Gasteiger partial charge in [0.2, 0.25) is 5.91 Å². The number of fused-ring (bicyclic) bond motifs is 2. The molecule has 2 saturated heterocycles. The molecule has 3 heterocycles. The highest BCUT2D eigenvalue weighted by Gasteiger charge is 2.54. The summed E-state index contributed by atoms with van der Waals surface area (Å²) >= 11 is 1.63. The van der Waals surface area contributed by atoms with Crippen LogP contribution in [-0.2, 0) is 21.5 Å². The molecule has 0 unspecified atom stereocenters. The third kappa shape index (κ3) is 2.65. The summed E-state index contributed by atoms with van der Waals surface area (Å²) in [6, 6.07) is 1.50. The number of hydrogen-bond donors (Lipinski definition) is 1. The van der Waals surface area contributed by atoms with Crippen molar-refractivity contribution in [3.05, 3.63) is 21.9 Å². The summed E-state index contributed by atoms with van der Waals surface area (Å²) in [5.74, 6) is 0.0718. The normalized spacial score (nSPS) is 29.1. The molecular formula is C18H23N3O3S. The van der Waals surface area contributed by atoms with Crippen molar-refractivity contribution in [1.82, 2.24) is 15.1 Å². The summed E-state index contributed by atoms with van der Waals surface area (Å²) in [5.41, 5.74) is -0.0382. The van der Waals surface area contributed by atoms with E-state index in [1.54, 1.807) is 16.2 Å². The smallest absolute Gasteiger partial charge is 0.325 e. The van der Waals surface area contributed by atoms with Crippen LogP contribution >= 0.6 is 11.3 Å². The number of hydrogen-bond acceptors (Lipinski definition) is 4. The number of carbonyl (C=O) groups excluding carboxylic acids is 3. The fourth-order valence-electron chi connectivity index (χ4n) is 4.34. The molecule has 134 valence electrons. The summed E-state index contributed by atoms with van der Waals surface area (Å²) in [6.45, 7) is 3.40. The highest BCUT2D eigenvalue weighted by Crippen LogP contribution is 2.42. The van der Waals surface area contributed by atoms with Gasteiger partial charge in [-0.25, -0.2) is 4.79 Å². The van der Waals surface area contributed by atoms with Crippen LogP contribution in [-0.4, -0.2) is 47.3 Å². The van der Waals surface area contributed by atoms with Crippen molar-refractivity contribution in [2.75, 3.05) is 19.6 Å². The van der Waals surface area contributed by atoms with E-state index in [1.165, 1.54) is 0 Å². The second-order valence-corrected chi connectivity index (χ2v) is 8.43. The lowest BCUT2D eigenvalue weighted by molar-refractivity contribution is -0.140. The number of nitrogens with zero attached hydrogens (tertiary/aromatic N) is 2. The summed E-state index contributed by atoms with van der Waals surface area (Å²) in [7, 11) is 0. The van der Waals surface area contributed by atoms with Crippen molar-refractivity contribution in [3.63, 3.8) is 0 Å². The third-order valence-corrected chi connectivity index (χ3v) is 6.62. The van der Waals surface area contributed by atoms with Gasteiger partial charge in [-0.15, -0.1) is 11.3 Å². The standard InChI is InChI=1S/C18H23N3O3S/c1-12-4-3-8-20(10-12)15(22)11-21-16(23)18(19-17(21)24)7-2-5-14-13(18)6-9-25-14/h6,9,12H,2-5,7-8,10-11H2,1H3,(H,19,24)/t12-,18+/m1/s1. The van der Waals surface area contributed by atoms with E-state index in [0.717, 1.165) is 41.0 Å². The minimum Gasteiger partial charge on any atom is -0.341 e. The molecule has 2 aliphatic heterocycles. The average Bonchev–Trinajstić information content (AvgIpc) is 3.16. The van der Waals surface area contributed by atoms with Crippen LogP contribution in [0.5, 0.6) is 0 Å². The lowest BCUT2D eigenvalue weighted by atomic mass is 9.80. The summed E-state index contributed by atoms with van der Waals surface area (Å²) in [4.78, 5) is 42.3. The van der Waals surface area contributed by atoms with Crippen LogP contribution in [0.2, 0.25) is 0 Å². The Balaban J connectivity index is 1.54. The highest BCUT2D eigenvalue weighted by atomic mass is 32.1. The molecule has 4 amide bonds. The van der Waals surface area contributed by atoms with Crippen LogP contribution in [0.1, 0.15) is 43.0 Å². The van der Waals surface area contributed by atoms with Gasteiger partial charge in [0.05, 0.1) is 0 Å². The molecule has 0 bridgehead atoms. The lowest BCUT2D eigenvalue weighted by Gasteiger charge is -2.32. The number of likely N-dealkylation sites (tertiary alicyclic amines) is 1. The van der Waals surface area contributed by atoms with Crippen molar-refractivity contribution >= 4 is 29.2 Å². The average molecular weight is 361 g/mol. The maximum Gasteiger partial charge on any atom is 0.325 e. The lowest BCUT2D eigenvalue weighted by Crippen LogP contribution is -2.48. The van der Waals surface area contributed by atoms with E-state index in [4.69, 9.17) is 0 Å². The molecule has 4 rings (SSSR count). The first kappa shape index (κ1) is 16.6. The molecule has 0 saturated carbocycles. The number of imide groups is 1. The second-order valence-electron chi connectivity index (χ2n) is 7.42. The number of amides is 4. The molecule has 1 spiro atoms. The number of aryl methyl sites for hydroxylation is 1. The molecule has 1 N–H and O–H groups in total. The first-order valence-electron chi connectivity index (χ1n) is 9.00. The molecular weight excluding hydrogens is 338 g/mol. The van der Waals surface area contributed by atoms with Crippen LogP contribution in [0.25, 0.3) is 0 Å². The monoisotopic (exact) mass is 361 g/mol. The zero-order chi connectivity index (χ0) is 17.6. The Labute approximate surface area is 151 Å². The van der Waals surface area contributed by atoms with Crippen molar-refractivity contribution in [1.29, 1.82) is 0 Å². The molecule has 1 aromatic rings. The molecule has 6 nitrogen and oxygen atoms in total. The first-order valence-corrected chi connectivity index (χ1v) is 9.88. The maximum atomic E-state index is 13.1. The molecule has 3 aliphatic rings. The van der Waals surface area contributed by atoms with Crippen LogP contribution in [0.3, 0.4) is 0 Å². The van der Waals surface area contributed by atoms with E-state index in [2.05, 4.69) is 12.2 Å². The highest BCUT2D eigenvalue weighted by molar-refractivity contribution is 7.10. The minimum absolute atomic E-state index is 0.131. The molecule has 25 heavy (non-hydrogen) atoms. The van der Waals surface area contributed by atoms with Gasteiger partial charge in [-0.05, 0) is 49.5 Å². The maximum absolute atomic E-state index is 13.1. The fourth-order valence-corrected chi connectivity index (χ4v) is 5.34. The SMILES string of the molecule is C[C@@H]1CCCN(C(=O)CN2C(=O)N[C@]3(CCCc4sccc43)C2=O)C1. The van der Waals surface area contributed by atoms with Gasteiger partial charge in [0, 0.05) is 23.5 Å². The van der Waals surface area contributed by atoms with Crippen molar-refractivity contribution in [2.45, 2.75) is 44.6 Å². The summed E-state index contributed by atoms with van der Waals surface area (Å²) in [5, 5.41) is 4.87. The van der Waals surface area contributed by atoms with E-state index in [9.17, 15) is 14.4 Å². The number of thiophene rings is 1. The predicted molar refractivity (Wildman–Crippen MR) is 94.2 cm³/mol. The van der Waals surface area contributed by atoms with E-state index < -0.39 is 11.6 Å². The Morgan fingerprint density at radius 1 is 1.40 bits per heavy atom. The molecule has 7 heteroatoms. The van der Waals surface area contributed by atoms with E-state index in [-0.39, 0.29) is 18.4 Å².